The molecule has 0 aliphatic carbocycles. The zero-order chi connectivity index (χ0) is 18.6. The van der Waals surface area contributed by atoms with Gasteiger partial charge in [0.25, 0.3) is 0 Å². The number of hydrogen-bond acceptors (Lipinski definition) is 4. The number of likely N-dealkylation sites (N-methyl/N-ethyl adjacent to an activating group) is 1. The summed E-state index contributed by atoms with van der Waals surface area (Å²) in [6.45, 7) is 11.5. The highest BCUT2D eigenvalue weighted by molar-refractivity contribution is 5.76. The molecule has 0 radical (unpaired) electrons. The number of carbonyl (C=O) groups excluding carboxylic acids is 1. The first-order valence-corrected chi connectivity index (χ1v) is 9.55. The third kappa shape index (κ3) is 4.27. The third-order valence-corrected chi connectivity index (χ3v) is 5.84. The van der Waals surface area contributed by atoms with E-state index in [1.165, 1.54) is 5.57 Å². The van der Waals surface area contributed by atoms with Crippen LogP contribution >= 0.6 is 0 Å². The molecule has 0 unspecified atom stereocenters. The van der Waals surface area contributed by atoms with Crippen LogP contribution in [0.2, 0.25) is 0 Å². The van der Waals surface area contributed by atoms with E-state index in [1.807, 2.05) is 23.1 Å². The predicted molar refractivity (Wildman–Crippen MR) is 105 cm³/mol. The van der Waals surface area contributed by atoms with Gasteiger partial charge in [-0.15, -0.1) is 6.58 Å². The fraction of sp³-hybridized carbons (Fsp3) is 0.571. The van der Waals surface area contributed by atoms with E-state index in [2.05, 4.69) is 36.4 Å². The van der Waals surface area contributed by atoms with Crippen molar-refractivity contribution in [1.82, 2.24) is 14.7 Å². The van der Waals surface area contributed by atoms with Crippen LogP contribution in [-0.2, 0) is 4.79 Å². The van der Waals surface area contributed by atoms with Crippen LogP contribution in [0.1, 0.15) is 31.9 Å². The lowest BCUT2D eigenvalue weighted by atomic mass is 9.86. The van der Waals surface area contributed by atoms with Gasteiger partial charge in [0, 0.05) is 51.2 Å². The molecule has 1 atom stereocenters. The number of hydrogen-bond donors (Lipinski definition) is 0. The lowest BCUT2D eigenvalue weighted by Gasteiger charge is -2.49. The van der Waals surface area contributed by atoms with E-state index in [1.54, 1.807) is 6.26 Å². The lowest BCUT2D eigenvalue weighted by molar-refractivity contribution is -0.130. The smallest absolute Gasteiger partial charge is 0.222 e. The summed E-state index contributed by atoms with van der Waals surface area (Å²) in [5.74, 6) is 1.17. The number of piperazine rings is 1. The molecule has 1 spiro atoms. The molecule has 5 heteroatoms. The van der Waals surface area contributed by atoms with E-state index in [-0.39, 0.29) is 11.4 Å². The van der Waals surface area contributed by atoms with Gasteiger partial charge in [-0.2, -0.15) is 0 Å². The summed E-state index contributed by atoms with van der Waals surface area (Å²) >= 11 is 0. The van der Waals surface area contributed by atoms with Crippen molar-refractivity contribution in [3.8, 4) is 0 Å². The Morgan fingerprint density at radius 3 is 2.92 bits per heavy atom. The molecule has 5 nitrogen and oxygen atoms in total. The summed E-state index contributed by atoms with van der Waals surface area (Å²) in [4.78, 5) is 19.4. The molecule has 142 valence electrons. The molecule has 2 aliphatic heterocycles. The Labute approximate surface area is 156 Å². The minimum atomic E-state index is 0.0921. The normalized spacial score (nSPS) is 26.3. The minimum Gasteiger partial charge on any atom is -0.465 e. The highest BCUT2D eigenvalue weighted by Crippen LogP contribution is 2.32. The van der Waals surface area contributed by atoms with Gasteiger partial charge in [0.1, 0.15) is 5.76 Å². The molecule has 1 aromatic heterocycles. The monoisotopic (exact) mass is 357 g/mol. The molecule has 0 bridgehead atoms. The van der Waals surface area contributed by atoms with Crippen LogP contribution in [0.15, 0.2) is 41.0 Å². The summed E-state index contributed by atoms with van der Waals surface area (Å²) in [5, 5.41) is 0. The second kappa shape index (κ2) is 8.23. The van der Waals surface area contributed by atoms with E-state index in [4.69, 9.17) is 4.42 Å². The van der Waals surface area contributed by atoms with Crippen molar-refractivity contribution in [2.24, 2.45) is 0 Å². The van der Waals surface area contributed by atoms with Crippen molar-refractivity contribution in [2.45, 2.75) is 31.7 Å². The Kier molecular flexibility index (Phi) is 5.99. The van der Waals surface area contributed by atoms with Crippen molar-refractivity contribution in [3.63, 3.8) is 0 Å². The highest BCUT2D eigenvalue weighted by Gasteiger charge is 2.41. The maximum absolute atomic E-state index is 12.4. The van der Waals surface area contributed by atoms with E-state index < -0.39 is 0 Å². The number of furan rings is 1. The molecule has 2 fully saturated rings. The summed E-state index contributed by atoms with van der Waals surface area (Å²) in [5.41, 5.74) is 1.40. The van der Waals surface area contributed by atoms with E-state index in [0.29, 0.717) is 13.0 Å². The Morgan fingerprint density at radius 1 is 1.35 bits per heavy atom. The Bertz CT molecular complexity index is 652. The summed E-state index contributed by atoms with van der Waals surface area (Å²) < 4.78 is 5.43. The SMILES string of the molecule is C=CCN1CC[C@]2(CCC1=O)CN(C/C(C)=C/c1ccco1)CCN2C. The van der Waals surface area contributed by atoms with Gasteiger partial charge >= 0.3 is 0 Å². The molecule has 2 saturated heterocycles. The Hall–Kier alpha value is -1.85. The topological polar surface area (TPSA) is 39.9 Å². The largest absolute Gasteiger partial charge is 0.465 e. The molecule has 0 saturated carbocycles. The standard InChI is InChI=1S/C21H31N3O2/c1-4-10-24-11-9-21(8-7-20(24)25)17-23(13-12-22(21)3)16-18(2)15-19-6-5-14-26-19/h4-6,14-15H,1,7-13,16-17H2,2-3H3/b18-15+/t21-/m1/s1. The number of likely N-dealkylation sites (tertiary alicyclic amines) is 1. The zero-order valence-corrected chi connectivity index (χ0v) is 16.1. The van der Waals surface area contributed by atoms with E-state index >= 15 is 0 Å². The van der Waals surface area contributed by atoms with Gasteiger partial charge in [-0.1, -0.05) is 11.6 Å². The van der Waals surface area contributed by atoms with E-state index in [0.717, 1.165) is 51.3 Å². The minimum absolute atomic E-state index is 0.0921. The molecule has 26 heavy (non-hydrogen) atoms. The first kappa shape index (κ1) is 18.9. The predicted octanol–water partition coefficient (Wildman–Crippen LogP) is 2.87. The van der Waals surface area contributed by atoms with Crippen LogP contribution in [0.3, 0.4) is 0 Å². The van der Waals surface area contributed by atoms with Crippen LogP contribution < -0.4 is 0 Å². The first-order valence-electron chi connectivity index (χ1n) is 9.55. The van der Waals surface area contributed by atoms with Crippen molar-refractivity contribution in [2.75, 3.05) is 46.3 Å². The molecular weight excluding hydrogens is 326 g/mol. The number of amides is 1. The Balaban J connectivity index is 1.67. The van der Waals surface area contributed by atoms with Crippen LogP contribution in [-0.4, -0.2) is 72.5 Å². The van der Waals surface area contributed by atoms with Crippen molar-refractivity contribution in [3.05, 3.63) is 42.4 Å². The molecule has 2 aliphatic rings. The molecule has 1 aromatic rings. The first-order chi connectivity index (χ1) is 12.5. The molecule has 1 amide bonds. The quantitative estimate of drug-likeness (QED) is 0.760. The lowest BCUT2D eigenvalue weighted by Crippen LogP contribution is -2.61. The summed E-state index contributed by atoms with van der Waals surface area (Å²) in [6, 6.07) is 3.90. The van der Waals surface area contributed by atoms with Gasteiger partial charge < -0.3 is 9.32 Å². The zero-order valence-electron chi connectivity index (χ0n) is 16.1. The third-order valence-electron chi connectivity index (χ3n) is 5.84. The van der Waals surface area contributed by atoms with Crippen molar-refractivity contribution < 1.29 is 9.21 Å². The Morgan fingerprint density at radius 2 is 2.19 bits per heavy atom. The molecular formula is C21H31N3O2. The number of nitrogens with zero attached hydrogens (tertiary/aromatic N) is 3. The second-order valence-electron chi connectivity index (χ2n) is 7.74. The maximum atomic E-state index is 12.4. The van der Waals surface area contributed by atoms with Gasteiger partial charge in [-0.05, 0) is 45.0 Å². The number of carbonyl (C=O) groups is 1. The van der Waals surface area contributed by atoms with Gasteiger partial charge in [-0.25, -0.2) is 0 Å². The van der Waals surface area contributed by atoms with Crippen LogP contribution in [0.5, 0.6) is 0 Å². The summed E-state index contributed by atoms with van der Waals surface area (Å²) in [6.07, 6.45) is 8.26. The van der Waals surface area contributed by atoms with Gasteiger partial charge in [0.15, 0.2) is 0 Å². The van der Waals surface area contributed by atoms with Gasteiger partial charge in [-0.3, -0.25) is 14.6 Å². The summed E-state index contributed by atoms with van der Waals surface area (Å²) in [7, 11) is 2.22. The van der Waals surface area contributed by atoms with Crippen LogP contribution in [0.4, 0.5) is 0 Å². The van der Waals surface area contributed by atoms with Crippen LogP contribution in [0, 0.1) is 0 Å². The van der Waals surface area contributed by atoms with Crippen molar-refractivity contribution >= 4 is 12.0 Å². The van der Waals surface area contributed by atoms with Crippen LogP contribution in [0.25, 0.3) is 6.08 Å². The van der Waals surface area contributed by atoms with Gasteiger partial charge in [0.2, 0.25) is 5.91 Å². The fourth-order valence-corrected chi connectivity index (χ4v) is 4.27. The second-order valence-corrected chi connectivity index (χ2v) is 7.74. The maximum Gasteiger partial charge on any atom is 0.222 e. The molecule has 3 rings (SSSR count). The molecule has 0 aromatic carbocycles. The van der Waals surface area contributed by atoms with Gasteiger partial charge in [0.05, 0.1) is 6.26 Å². The number of rotatable bonds is 5. The fourth-order valence-electron chi connectivity index (χ4n) is 4.27. The van der Waals surface area contributed by atoms with E-state index in [9.17, 15) is 4.79 Å². The highest BCUT2D eigenvalue weighted by atomic mass is 16.3. The average molecular weight is 357 g/mol. The van der Waals surface area contributed by atoms with Crippen molar-refractivity contribution in [1.29, 1.82) is 0 Å². The molecule has 3 heterocycles. The molecule has 0 N–H and O–H groups in total. The average Bonchev–Trinajstić information content (AvgIpc) is 3.06.